The molecule has 27 heavy (non-hydrogen) atoms. The summed E-state index contributed by atoms with van der Waals surface area (Å²) in [5.41, 5.74) is 0. The molecule has 3 fully saturated rings. The van der Waals surface area contributed by atoms with Crippen LogP contribution in [0, 0.1) is 24.7 Å². The Kier molecular flexibility index (Phi) is 7.11. The molecular weight excluding hydrogens is 493 g/mol. The lowest BCUT2D eigenvalue weighted by Crippen LogP contribution is -2.47. The summed E-state index contributed by atoms with van der Waals surface area (Å²) in [6.45, 7) is 3.48. The van der Waals surface area contributed by atoms with E-state index in [9.17, 15) is 8.42 Å². The van der Waals surface area contributed by atoms with Crippen LogP contribution in [0.4, 0.5) is 0 Å². The lowest BCUT2D eigenvalue weighted by Gasteiger charge is -2.25. The Hall–Kier alpha value is -0.350. The second-order valence-corrected chi connectivity index (χ2v) is 11.9. The summed E-state index contributed by atoms with van der Waals surface area (Å²) in [6.07, 6.45) is 6.09. The van der Waals surface area contributed by atoms with Crippen molar-refractivity contribution in [2.45, 2.75) is 51.6 Å². The molecule has 0 amide bonds. The first kappa shape index (κ1) is 21.4. The number of nitrogens with zero attached hydrogens (tertiary/aromatic N) is 1. The second-order valence-electron chi connectivity index (χ2n) is 8.25. The first-order valence-electron chi connectivity index (χ1n) is 9.77. The lowest BCUT2D eigenvalue weighted by atomic mass is 9.95. The molecule has 4 rings (SSSR count). The number of nitrogens with one attached hydrogen (secondary N) is 2. The fraction of sp³-hybridized carbons (Fsp3) is 0.737. The van der Waals surface area contributed by atoms with Crippen molar-refractivity contribution in [1.82, 2.24) is 10.6 Å². The van der Waals surface area contributed by atoms with Gasteiger partial charge in [0.1, 0.15) is 0 Å². The molecule has 2 bridgehead atoms. The van der Waals surface area contributed by atoms with Crippen LogP contribution in [0.5, 0.6) is 0 Å². The Labute approximate surface area is 183 Å². The number of aryl methyl sites for hydroxylation is 1. The van der Waals surface area contributed by atoms with Crippen molar-refractivity contribution in [2.75, 3.05) is 18.1 Å². The van der Waals surface area contributed by atoms with E-state index < -0.39 is 9.84 Å². The molecule has 152 valence electrons. The first-order valence-corrected chi connectivity index (χ1v) is 12.4. The molecule has 0 aromatic carbocycles. The lowest BCUT2D eigenvalue weighted by molar-refractivity contribution is 0.386. The Balaban J connectivity index is 0.00000210. The molecule has 3 aliphatic rings. The number of rotatable bonds is 5. The van der Waals surface area contributed by atoms with Gasteiger partial charge >= 0.3 is 0 Å². The maximum absolute atomic E-state index is 11.7. The smallest absolute Gasteiger partial charge is 0.191 e. The molecule has 0 spiro atoms. The Morgan fingerprint density at radius 1 is 1.26 bits per heavy atom. The van der Waals surface area contributed by atoms with Crippen LogP contribution in [0.2, 0.25) is 0 Å². The van der Waals surface area contributed by atoms with Crippen LogP contribution in [-0.2, 0) is 16.4 Å². The number of guanidine groups is 1. The van der Waals surface area contributed by atoms with Crippen LogP contribution in [0.15, 0.2) is 17.1 Å². The van der Waals surface area contributed by atoms with Gasteiger partial charge < -0.3 is 10.6 Å². The first-order chi connectivity index (χ1) is 12.5. The normalized spacial score (nSPS) is 31.7. The van der Waals surface area contributed by atoms with Gasteiger partial charge in [0, 0.05) is 22.3 Å². The molecule has 1 saturated heterocycles. The van der Waals surface area contributed by atoms with E-state index in [0.717, 1.165) is 24.2 Å². The number of thiophene rings is 1. The number of aliphatic imine (C=N–C) groups is 1. The number of fused-ring (bicyclic) bond motifs is 2. The van der Waals surface area contributed by atoms with Crippen molar-refractivity contribution in [3.05, 3.63) is 21.9 Å². The molecule has 2 saturated carbocycles. The van der Waals surface area contributed by atoms with Crippen LogP contribution in [0.3, 0.4) is 0 Å². The van der Waals surface area contributed by atoms with Crippen LogP contribution in [0.25, 0.3) is 0 Å². The maximum Gasteiger partial charge on any atom is 0.191 e. The summed E-state index contributed by atoms with van der Waals surface area (Å²) >= 11 is 1.79. The van der Waals surface area contributed by atoms with Crippen molar-refractivity contribution >= 4 is 51.1 Å². The summed E-state index contributed by atoms with van der Waals surface area (Å²) in [5, 5.41) is 7.11. The van der Waals surface area contributed by atoms with E-state index in [1.165, 1.54) is 35.4 Å². The van der Waals surface area contributed by atoms with E-state index in [0.29, 0.717) is 30.6 Å². The highest BCUT2D eigenvalue weighted by atomic mass is 127. The quantitative estimate of drug-likeness (QED) is 0.353. The average Bonchev–Trinajstić information content (AvgIpc) is 3.35. The SMILES string of the molecule is Cc1ccc(CN=C(NCC2CCS(=O)(=O)C2)NC2CC3CCC2C3)s1.I. The molecular formula is C19H30IN3O2S2. The third kappa shape index (κ3) is 5.59. The van der Waals surface area contributed by atoms with Crippen molar-refractivity contribution in [3.8, 4) is 0 Å². The summed E-state index contributed by atoms with van der Waals surface area (Å²) in [4.78, 5) is 7.38. The van der Waals surface area contributed by atoms with Gasteiger partial charge in [-0.05, 0) is 62.5 Å². The molecule has 8 heteroatoms. The molecule has 1 aromatic rings. The summed E-state index contributed by atoms with van der Waals surface area (Å²) in [7, 11) is -2.82. The Morgan fingerprint density at radius 3 is 2.70 bits per heavy atom. The topological polar surface area (TPSA) is 70.6 Å². The van der Waals surface area contributed by atoms with E-state index in [-0.39, 0.29) is 29.9 Å². The predicted molar refractivity (Wildman–Crippen MR) is 123 cm³/mol. The predicted octanol–water partition coefficient (Wildman–Crippen LogP) is 3.33. The van der Waals surface area contributed by atoms with Crippen LogP contribution in [0.1, 0.15) is 41.9 Å². The Bertz CT molecular complexity index is 778. The van der Waals surface area contributed by atoms with E-state index >= 15 is 0 Å². The minimum atomic E-state index is -2.82. The molecule has 0 radical (unpaired) electrons. The van der Waals surface area contributed by atoms with Gasteiger partial charge in [0.25, 0.3) is 0 Å². The monoisotopic (exact) mass is 523 g/mol. The third-order valence-corrected chi connectivity index (χ3v) is 8.96. The van der Waals surface area contributed by atoms with Gasteiger partial charge in [-0.15, -0.1) is 35.3 Å². The molecule has 2 heterocycles. The number of sulfone groups is 1. The van der Waals surface area contributed by atoms with Crippen molar-refractivity contribution in [2.24, 2.45) is 22.7 Å². The highest BCUT2D eigenvalue weighted by molar-refractivity contribution is 14.0. The van der Waals surface area contributed by atoms with E-state index in [1.807, 2.05) is 0 Å². The van der Waals surface area contributed by atoms with Gasteiger partial charge in [-0.2, -0.15) is 0 Å². The van der Waals surface area contributed by atoms with Crippen LogP contribution in [-0.4, -0.2) is 38.5 Å². The third-order valence-electron chi connectivity index (χ3n) is 6.13. The van der Waals surface area contributed by atoms with Crippen molar-refractivity contribution in [1.29, 1.82) is 0 Å². The minimum absolute atomic E-state index is 0. The standard InChI is InChI=1S/C19H29N3O2S2.HI/c1-13-2-5-17(25-13)11-21-19(20-10-15-6-7-26(23,24)12-15)22-18-9-14-3-4-16(18)8-14;/h2,5,14-16,18H,3-4,6-12H2,1H3,(H2,20,21,22);1H. The van der Waals surface area contributed by atoms with E-state index in [2.05, 4.69) is 29.7 Å². The molecule has 1 aromatic heterocycles. The van der Waals surface area contributed by atoms with Crippen LogP contribution < -0.4 is 10.6 Å². The number of halogens is 1. The fourth-order valence-corrected chi connectivity index (χ4v) is 7.43. The van der Waals surface area contributed by atoms with Gasteiger partial charge in [0.05, 0.1) is 18.1 Å². The average molecular weight is 524 g/mol. The number of hydrogen-bond donors (Lipinski definition) is 2. The summed E-state index contributed by atoms with van der Waals surface area (Å²) < 4.78 is 23.4. The van der Waals surface area contributed by atoms with Crippen LogP contribution >= 0.6 is 35.3 Å². The van der Waals surface area contributed by atoms with Gasteiger partial charge in [-0.1, -0.05) is 6.42 Å². The maximum atomic E-state index is 11.7. The van der Waals surface area contributed by atoms with E-state index in [4.69, 9.17) is 4.99 Å². The van der Waals surface area contributed by atoms with Crippen molar-refractivity contribution < 1.29 is 8.42 Å². The summed E-state index contributed by atoms with van der Waals surface area (Å²) in [6, 6.07) is 4.80. The number of hydrogen-bond acceptors (Lipinski definition) is 4. The van der Waals surface area contributed by atoms with Gasteiger partial charge in [0.2, 0.25) is 0 Å². The molecule has 2 N–H and O–H groups in total. The van der Waals surface area contributed by atoms with Gasteiger partial charge in [-0.3, -0.25) is 0 Å². The van der Waals surface area contributed by atoms with Gasteiger partial charge in [-0.25, -0.2) is 13.4 Å². The largest absolute Gasteiger partial charge is 0.356 e. The minimum Gasteiger partial charge on any atom is -0.356 e. The zero-order chi connectivity index (χ0) is 18.1. The molecule has 5 nitrogen and oxygen atoms in total. The van der Waals surface area contributed by atoms with E-state index in [1.54, 1.807) is 11.3 Å². The fourth-order valence-electron chi connectivity index (χ4n) is 4.75. The molecule has 2 aliphatic carbocycles. The zero-order valence-corrected chi connectivity index (χ0v) is 19.8. The molecule has 1 aliphatic heterocycles. The van der Waals surface area contributed by atoms with Gasteiger partial charge in [0.15, 0.2) is 15.8 Å². The molecule has 4 unspecified atom stereocenters. The molecule has 4 atom stereocenters. The summed E-state index contributed by atoms with van der Waals surface area (Å²) in [5.74, 6) is 3.38. The Morgan fingerprint density at radius 2 is 2.11 bits per heavy atom. The highest BCUT2D eigenvalue weighted by Gasteiger charge is 2.40. The second kappa shape index (κ2) is 8.98. The zero-order valence-electron chi connectivity index (χ0n) is 15.8. The van der Waals surface area contributed by atoms with Crippen molar-refractivity contribution in [3.63, 3.8) is 0 Å². The highest BCUT2D eigenvalue weighted by Crippen LogP contribution is 2.44.